The fourth-order valence-corrected chi connectivity index (χ4v) is 2.44. The van der Waals surface area contributed by atoms with Crippen LogP contribution in [0.3, 0.4) is 0 Å². The van der Waals surface area contributed by atoms with Gasteiger partial charge in [-0.15, -0.1) is 0 Å². The van der Waals surface area contributed by atoms with Gasteiger partial charge >= 0.3 is 0 Å². The average Bonchev–Trinajstić information content (AvgIpc) is 2.87. The predicted octanol–water partition coefficient (Wildman–Crippen LogP) is 4.20. The highest BCUT2D eigenvalue weighted by Crippen LogP contribution is 2.15. The molecule has 0 unspecified atom stereocenters. The van der Waals surface area contributed by atoms with Crippen molar-refractivity contribution in [3.63, 3.8) is 0 Å². The minimum absolute atomic E-state index is 0.214. The summed E-state index contributed by atoms with van der Waals surface area (Å²) in [6, 6.07) is 7.73. The van der Waals surface area contributed by atoms with E-state index in [1.54, 1.807) is 0 Å². The van der Waals surface area contributed by atoms with Gasteiger partial charge < -0.3 is 5.32 Å². The fourth-order valence-electron chi connectivity index (χ4n) is 2.44. The molecule has 4 heteroatoms. The van der Waals surface area contributed by atoms with E-state index >= 15 is 0 Å². The van der Waals surface area contributed by atoms with Crippen molar-refractivity contribution in [3.05, 3.63) is 47.3 Å². The van der Waals surface area contributed by atoms with Crippen LogP contribution in [0.1, 0.15) is 54.7 Å². The quantitative estimate of drug-likeness (QED) is 0.743. The number of Topliss-reactive ketones (excluding diaryl/α,β-unsaturated/α-hetero) is 1. The van der Waals surface area contributed by atoms with Crippen LogP contribution in [0, 0.1) is 6.92 Å². The third-order valence-corrected chi connectivity index (χ3v) is 3.81. The number of nitrogens with zero attached hydrogens (tertiary/aromatic N) is 2. The molecule has 0 atom stereocenters. The second-order valence-electron chi connectivity index (χ2n) is 5.58. The Morgan fingerprint density at radius 1 is 1.18 bits per heavy atom. The third-order valence-electron chi connectivity index (χ3n) is 3.81. The van der Waals surface area contributed by atoms with E-state index in [1.807, 2.05) is 42.1 Å². The lowest BCUT2D eigenvalue weighted by atomic mass is 10.1. The summed E-state index contributed by atoms with van der Waals surface area (Å²) >= 11 is 0. The molecule has 0 saturated heterocycles. The van der Waals surface area contributed by atoms with Crippen molar-refractivity contribution in [1.82, 2.24) is 9.78 Å². The van der Waals surface area contributed by atoms with Gasteiger partial charge in [0.25, 0.3) is 0 Å². The number of benzene rings is 1. The normalized spacial score (nSPS) is 10.7. The van der Waals surface area contributed by atoms with Gasteiger partial charge in [-0.2, -0.15) is 5.10 Å². The van der Waals surface area contributed by atoms with Gasteiger partial charge in [-0.25, -0.2) is 0 Å². The molecule has 0 bridgehead atoms. The summed E-state index contributed by atoms with van der Waals surface area (Å²) in [5.74, 6) is 0.214. The first-order chi connectivity index (χ1) is 10.7. The number of nitrogens with one attached hydrogen (secondary N) is 1. The SMILES string of the molecule is CCCC(=O)c1ccc(NCc2cnn(CCC)c2C)cc1. The van der Waals surface area contributed by atoms with Crippen LogP contribution >= 0.6 is 0 Å². The molecule has 0 aliphatic rings. The van der Waals surface area contributed by atoms with Crippen LogP contribution < -0.4 is 5.32 Å². The van der Waals surface area contributed by atoms with E-state index in [-0.39, 0.29) is 5.78 Å². The summed E-state index contributed by atoms with van der Waals surface area (Å²) in [5.41, 5.74) is 4.23. The molecule has 2 aromatic rings. The van der Waals surface area contributed by atoms with E-state index in [2.05, 4.69) is 24.3 Å². The number of ketones is 1. The van der Waals surface area contributed by atoms with Crippen LogP contribution in [-0.2, 0) is 13.1 Å². The maximum Gasteiger partial charge on any atom is 0.162 e. The van der Waals surface area contributed by atoms with E-state index in [0.717, 1.165) is 37.2 Å². The van der Waals surface area contributed by atoms with Crippen LogP contribution in [0.4, 0.5) is 5.69 Å². The third kappa shape index (κ3) is 3.97. The number of aryl methyl sites for hydroxylation is 1. The molecule has 0 spiro atoms. The van der Waals surface area contributed by atoms with Crippen molar-refractivity contribution in [2.24, 2.45) is 0 Å². The van der Waals surface area contributed by atoms with Crippen molar-refractivity contribution in [2.75, 3.05) is 5.32 Å². The summed E-state index contributed by atoms with van der Waals surface area (Å²) in [6.07, 6.45) is 4.52. The summed E-state index contributed by atoms with van der Waals surface area (Å²) in [6.45, 7) is 7.99. The lowest BCUT2D eigenvalue weighted by Crippen LogP contribution is -2.04. The average molecular weight is 299 g/mol. The molecule has 0 saturated carbocycles. The molecule has 1 aromatic carbocycles. The predicted molar refractivity (Wildman–Crippen MR) is 90.3 cm³/mol. The zero-order valence-corrected chi connectivity index (χ0v) is 13.7. The first-order valence-electron chi connectivity index (χ1n) is 8.04. The largest absolute Gasteiger partial charge is 0.381 e. The van der Waals surface area contributed by atoms with Crippen LogP contribution in [0.25, 0.3) is 0 Å². The van der Waals surface area contributed by atoms with Gasteiger partial charge in [0.15, 0.2) is 5.78 Å². The Hall–Kier alpha value is -2.10. The smallest absolute Gasteiger partial charge is 0.162 e. The molecule has 4 nitrogen and oxygen atoms in total. The Balaban J connectivity index is 1.96. The standard InChI is InChI=1S/C18H25N3O/c1-4-6-18(22)15-7-9-17(10-8-15)19-12-16-13-20-21(11-5-2)14(16)3/h7-10,13,19H,4-6,11-12H2,1-3H3. The highest BCUT2D eigenvalue weighted by atomic mass is 16.1. The van der Waals surface area contributed by atoms with Gasteiger partial charge in [0.1, 0.15) is 0 Å². The Kier molecular flexibility index (Phi) is 5.75. The van der Waals surface area contributed by atoms with Gasteiger partial charge in [0.05, 0.1) is 6.20 Å². The lowest BCUT2D eigenvalue weighted by Gasteiger charge is -2.08. The second kappa shape index (κ2) is 7.78. The molecule has 0 aliphatic heterocycles. The molecule has 2 rings (SSSR count). The summed E-state index contributed by atoms with van der Waals surface area (Å²) in [7, 11) is 0. The molecule has 1 aromatic heterocycles. The number of rotatable bonds is 8. The number of anilines is 1. The van der Waals surface area contributed by atoms with Gasteiger partial charge in [0.2, 0.25) is 0 Å². The molecule has 0 fully saturated rings. The first kappa shape index (κ1) is 16.3. The number of carbonyl (C=O) groups is 1. The molecule has 22 heavy (non-hydrogen) atoms. The Labute approximate surface area is 132 Å². The van der Waals surface area contributed by atoms with E-state index in [0.29, 0.717) is 6.42 Å². The molecular formula is C18H25N3O. The van der Waals surface area contributed by atoms with E-state index in [4.69, 9.17) is 0 Å². The molecule has 1 heterocycles. The minimum Gasteiger partial charge on any atom is -0.381 e. The summed E-state index contributed by atoms with van der Waals surface area (Å²) in [4.78, 5) is 11.8. The van der Waals surface area contributed by atoms with E-state index in [1.165, 1.54) is 11.3 Å². The van der Waals surface area contributed by atoms with Crippen molar-refractivity contribution in [2.45, 2.75) is 53.1 Å². The van der Waals surface area contributed by atoms with Crippen molar-refractivity contribution < 1.29 is 4.79 Å². The molecule has 0 amide bonds. The Morgan fingerprint density at radius 3 is 2.55 bits per heavy atom. The summed E-state index contributed by atoms with van der Waals surface area (Å²) in [5, 5.41) is 7.80. The summed E-state index contributed by atoms with van der Waals surface area (Å²) < 4.78 is 2.05. The molecule has 0 aliphatic carbocycles. The first-order valence-corrected chi connectivity index (χ1v) is 8.04. The monoisotopic (exact) mass is 299 g/mol. The second-order valence-corrected chi connectivity index (χ2v) is 5.58. The minimum atomic E-state index is 0.214. The van der Waals surface area contributed by atoms with Crippen molar-refractivity contribution in [1.29, 1.82) is 0 Å². The highest BCUT2D eigenvalue weighted by molar-refractivity contribution is 5.96. The molecule has 1 N–H and O–H groups in total. The molecule has 0 radical (unpaired) electrons. The fraction of sp³-hybridized carbons (Fsp3) is 0.444. The van der Waals surface area contributed by atoms with Crippen LogP contribution in [0.15, 0.2) is 30.5 Å². The zero-order chi connectivity index (χ0) is 15.9. The van der Waals surface area contributed by atoms with Gasteiger partial charge in [-0.1, -0.05) is 13.8 Å². The van der Waals surface area contributed by atoms with Crippen molar-refractivity contribution in [3.8, 4) is 0 Å². The maximum atomic E-state index is 11.8. The number of hydrogen-bond donors (Lipinski definition) is 1. The zero-order valence-electron chi connectivity index (χ0n) is 13.7. The van der Waals surface area contributed by atoms with Crippen LogP contribution in [0.5, 0.6) is 0 Å². The highest BCUT2D eigenvalue weighted by Gasteiger charge is 2.06. The van der Waals surface area contributed by atoms with Crippen molar-refractivity contribution >= 4 is 11.5 Å². The van der Waals surface area contributed by atoms with Gasteiger partial charge in [-0.05, 0) is 44.0 Å². The lowest BCUT2D eigenvalue weighted by molar-refractivity contribution is 0.0982. The van der Waals surface area contributed by atoms with Gasteiger partial charge in [0, 0.05) is 42.0 Å². The van der Waals surface area contributed by atoms with Crippen LogP contribution in [0.2, 0.25) is 0 Å². The molecule has 118 valence electrons. The Morgan fingerprint density at radius 2 is 1.91 bits per heavy atom. The number of carbonyl (C=O) groups excluding carboxylic acids is 1. The van der Waals surface area contributed by atoms with Crippen LogP contribution in [-0.4, -0.2) is 15.6 Å². The Bertz CT molecular complexity index is 614. The van der Waals surface area contributed by atoms with E-state index in [9.17, 15) is 4.79 Å². The number of aromatic nitrogens is 2. The maximum absolute atomic E-state index is 11.8. The topological polar surface area (TPSA) is 46.9 Å². The number of hydrogen-bond acceptors (Lipinski definition) is 3. The van der Waals surface area contributed by atoms with E-state index < -0.39 is 0 Å². The molecular weight excluding hydrogens is 274 g/mol. The van der Waals surface area contributed by atoms with Gasteiger partial charge in [-0.3, -0.25) is 9.48 Å².